The quantitative estimate of drug-likeness (QED) is 0.258. The Kier molecular flexibility index (Phi) is 6.80. The summed E-state index contributed by atoms with van der Waals surface area (Å²) in [7, 11) is 1.75. The van der Waals surface area contributed by atoms with Crippen LogP contribution in [0.1, 0.15) is 29.7 Å². The molecule has 0 radical (unpaired) electrons. The number of benzene rings is 1. The van der Waals surface area contributed by atoms with Gasteiger partial charge >= 0.3 is 0 Å². The first-order chi connectivity index (χ1) is 17.5. The first kappa shape index (κ1) is 24.4. The number of nitrogens with one attached hydrogen (secondary N) is 2. The van der Waals surface area contributed by atoms with E-state index in [1.165, 1.54) is 43.5 Å². The van der Waals surface area contributed by atoms with Gasteiger partial charge in [-0.25, -0.2) is 9.50 Å². The molecule has 4 aromatic rings. The second-order valence-corrected chi connectivity index (χ2v) is 12.0. The van der Waals surface area contributed by atoms with E-state index in [0.717, 1.165) is 73.3 Å². The minimum atomic E-state index is 0.520. The van der Waals surface area contributed by atoms with E-state index in [1.807, 2.05) is 0 Å². The van der Waals surface area contributed by atoms with Crippen LogP contribution in [0, 0.1) is 16.4 Å². The highest BCUT2D eigenvalue weighted by Gasteiger charge is 2.29. The fraction of sp³-hybridized carbons (Fsp3) is 0.462. The Morgan fingerprint density at radius 2 is 2.08 bits per heavy atom. The molecule has 4 N–H and O–H groups in total. The second kappa shape index (κ2) is 10.1. The zero-order chi connectivity index (χ0) is 24.8. The molecule has 4 heterocycles. The number of thiophene rings is 1. The number of hydrogen-bond acceptors (Lipinski definition) is 8. The Hall–Kier alpha value is -1.99. The van der Waals surface area contributed by atoms with Crippen LogP contribution in [0.5, 0.6) is 5.75 Å². The third kappa shape index (κ3) is 4.47. The van der Waals surface area contributed by atoms with Crippen molar-refractivity contribution >= 4 is 55.3 Å². The predicted octanol–water partition coefficient (Wildman–Crippen LogP) is 4.02. The number of aromatic nitrogens is 3. The molecule has 0 amide bonds. The summed E-state index contributed by atoms with van der Waals surface area (Å²) in [4.78, 5) is 8.14. The summed E-state index contributed by atoms with van der Waals surface area (Å²) in [5.74, 6) is 2.25. The molecule has 0 atom stereocenters. The smallest absolute Gasteiger partial charge is 0.152 e. The number of ether oxygens (including phenoxy) is 1. The lowest BCUT2D eigenvalue weighted by Gasteiger charge is -2.27. The van der Waals surface area contributed by atoms with Crippen LogP contribution < -0.4 is 21.1 Å². The molecule has 190 valence electrons. The number of anilines is 1. The molecule has 10 heteroatoms. The number of fused-ring (bicyclic) bond motifs is 2. The van der Waals surface area contributed by atoms with E-state index in [0.29, 0.717) is 5.82 Å². The van der Waals surface area contributed by atoms with Gasteiger partial charge in [-0.05, 0) is 78.1 Å². The third-order valence-electron chi connectivity index (χ3n) is 7.26. The molecule has 1 aliphatic carbocycles. The summed E-state index contributed by atoms with van der Waals surface area (Å²) >= 11 is 4.27. The van der Waals surface area contributed by atoms with Gasteiger partial charge in [-0.1, -0.05) is 0 Å². The Morgan fingerprint density at radius 3 is 2.83 bits per heavy atom. The van der Waals surface area contributed by atoms with Crippen molar-refractivity contribution in [3.05, 3.63) is 38.9 Å². The van der Waals surface area contributed by atoms with Gasteiger partial charge < -0.3 is 21.1 Å². The van der Waals surface area contributed by atoms with Crippen molar-refractivity contribution in [3.8, 4) is 16.2 Å². The fourth-order valence-corrected chi connectivity index (χ4v) is 7.66. The summed E-state index contributed by atoms with van der Waals surface area (Å²) in [5, 5.41) is 13.2. The van der Waals surface area contributed by atoms with E-state index in [9.17, 15) is 0 Å². The SMILES string of the molecule is COc1cc(C)cc2c(I)c(-c3c(CNCC4CC4)c(CN4CCNCC4)n4ncnc(N)c34)sc12. The molecule has 0 spiro atoms. The van der Waals surface area contributed by atoms with E-state index < -0.39 is 0 Å². The topological polar surface area (TPSA) is 92.7 Å². The van der Waals surface area contributed by atoms with Crippen molar-refractivity contribution in [1.29, 1.82) is 0 Å². The van der Waals surface area contributed by atoms with Gasteiger partial charge in [-0.3, -0.25) is 4.90 Å². The number of nitrogens with zero attached hydrogens (tertiary/aromatic N) is 4. The molecule has 6 rings (SSSR count). The zero-order valence-corrected chi connectivity index (χ0v) is 23.7. The summed E-state index contributed by atoms with van der Waals surface area (Å²) < 4.78 is 10.2. The summed E-state index contributed by atoms with van der Waals surface area (Å²) in [6, 6.07) is 4.37. The monoisotopic (exact) mass is 617 g/mol. The largest absolute Gasteiger partial charge is 0.495 e. The van der Waals surface area contributed by atoms with E-state index >= 15 is 0 Å². The lowest BCUT2D eigenvalue weighted by molar-refractivity contribution is 0.228. The summed E-state index contributed by atoms with van der Waals surface area (Å²) in [6.07, 6.45) is 4.24. The van der Waals surface area contributed by atoms with Crippen molar-refractivity contribution in [2.75, 3.05) is 45.6 Å². The van der Waals surface area contributed by atoms with E-state index in [1.54, 1.807) is 24.8 Å². The van der Waals surface area contributed by atoms with E-state index in [2.05, 4.69) is 66.7 Å². The van der Waals surface area contributed by atoms with Gasteiger partial charge in [-0.2, -0.15) is 5.10 Å². The molecule has 0 unspecified atom stereocenters. The maximum absolute atomic E-state index is 6.58. The normalized spacial score (nSPS) is 16.9. The number of aryl methyl sites for hydroxylation is 1. The van der Waals surface area contributed by atoms with Gasteiger partial charge in [0.1, 0.15) is 17.6 Å². The second-order valence-electron chi connectivity index (χ2n) is 9.90. The molecular weight excluding hydrogens is 585 g/mol. The van der Waals surface area contributed by atoms with Crippen LogP contribution in [0.4, 0.5) is 5.82 Å². The molecule has 2 fully saturated rings. The van der Waals surface area contributed by atoms with Crippen molar-refractivity contribution in [3.63, 3.8) is 0 Å². The lowest BCUT2D eigenvalue weighted by atomic mass is 10.1. The Labute approximate surface area is 228 Å². The highest BCUT2D eigenvalue weighted by atomic mass is 127. The first-order valence-corrected chi connectivity index (χ1v) is 14.5. The Bertz CT molecular complexity index is 1420. The molecule has 36 heavy (non-hydrogen) atoms. The molecule has 1 aromatic carbocycles. The minimum Gasteiger partial charge on any atom is -0.495 e. The number of hydrogen-bond donors (Lipinski definition) is 3. The molecule has 1 saturated heterocycles. The fourth-order valence-electron chi connectivity index (χ4n) is 5.21. The van der Waals surface area contributed by atoms with Gasteiger partial charge in [0.25, 0.3) is 0 Å². The number of methoxy groups -OCH3 is 1. The molecule has 0 bridgehead atoms. The van der Waals surface area contributed by atoms with Gasteiger partial charge in [-0.15, -0.1) is 11.3 Å². The zero-order valence-electron chi connectivity index (χ0n) is 20.7. The molecular formula is C26H32IN7OS. The average Bonchev–Trinajstić information content (AvgIpc) is 3.59. The highest BCUT2D eigenvalue weighted by molar-refractivity contribution is 14.1. The maximum Gasteiger partial charge on any atom is 0.152 e. The number of rotatable bonds is 8. The predicted molar refractivity (Wildman–Crippen MR) is 155 cm³/mol. The number of halogens is 1. The van der Waals surface area contributed by atoms with Crippen LogP contribution in [-0.4, -0.2) is 59.3 Å². The molecule has 1 aliphatic heterocycles. The maximum atomic E-state index is 6.58. The van der Waals surface area contributed by atoms with Gasteiger partial charge in [0.15, 0.2) is 5.82 Å². The Balaban J connectivity index is 1.57. The number of piperazine rings is 1. The first-order valence-electron chi connectivity index (χ1n) is 12.6. The average molecular weight is 618 g/mol. The van der Waals surface area contributed by atoms with Crippen LogP contribution in [-0.2, 0) is 13.1 Å². The van der Waals surface area contributed by atoms with Gasteiger partial charge in [0.05, 0.1) is 22.4 Å². The van der Waals surface area contributed by atoms with Crippen LogP contribution in [0.15, 0.2) is 18.5 Å². The van der Waals surface area contributed by atoms with Crippen LogP contribution in [0.25, 0.3) is 26.0 Å². The molecule has 2 aliphatic rings. The molecule has 1 saturated carbocycles. The molecule has 8 nitrogen and oxygen atoms in total. The highest BCUT2D eigenvalue weighted by Crippen LogP contribution is 2.48. The standard InChI is InChI=1S/C26H32IN7OS/c1-15-9-17-22(27)25(36-24(17)20(10-15)35-2)21-18(12-30-11-16-3-4-16)19(13-33-7-5-29-6-8-33)34-23(21)26(28)31-14-32-34/h9-10,14,16,29-30H,3-8,11-13H2,1-2H3,(H2,28,31,32). The van der Waals surface area contributed by atoms with Gasteiger partial charge in [0.2, 0.25) is 0 Å². The van der Waals surface area contributed by atoms with Crippen molar-refractivity contribution < 1.29 is 4.74 Å². The Morgan fingerprint density at radius 1 is 1.28 bits per heavy atom. The lowest BCUT2D eigenvalue weighted by Crippen LogP contribution is -2.43. The van der Waals surface area contributed by atoms with Crippen molar-refractivity contribution in [2.24, 2.45) is 5.92 Å². The van der Waals surface area contributed by atoms with Gasteiger partial charge in [0, 0.05) is 53.8 Å². The minimum absolute atomic E-state index is 0.520. The van der Waals surface area contributed by atoms with Crippen LogP contribution in [0.2, 0.25) is 0 Å². The van der Waals surface area contributed by atoms with Crippen molar-refractivity contribution in [1.82, 2.24) is 30.1 Å². The van der Waals surface area contributed by atoms with Crippen molar-refractivity contribution in [2.45, 2.75) is 32.9 Å². The number of nitrogens with two attached hydrogens (primary N) is 1. The summed E-state index contributed by atoms with van der Waals surface area (Å²) in [6.45, 7) is 8.86. The van der Waals surface area contributed by atoms with E-state index in [4.69, 9.17) is 15.6 Å². The van der Waals surface area contributed by atoms with Crippen LogP contribution in [0.3, 0.4) is 0 Å². The van der Waals surface area contributed by atoms with Crippen LogP contribution >= 0.6 is 33.9 Å². The summed E-state index contributed by atoms with van der Waals surface area (Å²) in [5.41, 5.74) is 12.3. The van der Waals surface area contributed by atoms with E-state index in [-0.39, 0.29) is 0 Å². The number of nitrogen functional groups attached to an aromatic ring is 1. The third-order valence-corrected chi connectivity index (χ3v) is 9.99. The molecule has 3 aromatic heterocycles.